The molecule has 5 heteroatoms. The Kier molecular flexibility index (Phi) is 6.16. The number of amides is 1. The highest BCUT2D eigenvalue weighted by atomic mass is 35.5. The Balaban J connectivity index is 1.90. The summed E-state index contributed by atoms with van der Waals surface area (Å²) in [5, 5.41) is 3.50. The number of nitrogens with one attached hydrogen (secondary N) is 1. The summed E-state index contributed by atoms with van der Waals surface area (Å²) in [5.41, 5.74) is 1.55. The van der Waals surface area contributed by atoms with Gasteiger partial charge in [-0.3, -0.25) is 4.79 Å². The SMILES string of the molecule is COc1cc(Cl)c(C)cc1NC(=O)CCSc1ccccc1. The van der Waals surface area contributed by atoms with Gasteiger partial charge in [-0.2, -0.15) is 0 Å². The van der Waals surface area contributed by atoms with Crippen LogP contribution in [-0.2, 0) is 4.79 Å². The van der Waals surface area contributed by atoms with Gasteiger partial charge in [0.05, 0.1) is 12.8 Å². The zero-order chi connectivity index (χ0) is 15.9. The lowest BCUT2D eigenvalue weighted by Crippen LogP contribution is -2.13. The molecule has 0 aliphatic rings. The average molecular weight is 336 g/mol. The Hall–Kier alpha value is -1.65. The van der Waals surface area contributed by atoms with Crippen molar-refractivity contribution in [3.63, 3.8) is 0 Å². The van der Waals surface area contributed by atoms with Crippen molar-refractivity contribution < 1.29 is 9.53 Å². The zero-order valence-electron chi connectivity index (χ0n) is 12.6. The van der Waals surface area contributed by atoms with E-state index in [1.165, 1.54) is 0 Å². The number of anilines is 1. The topological polar surface area (TPSA) is 38.3 Å². The molecule has 1 N–H and O–H groups in total. The molecule has 0 atom stereocenters. The molecule has 0 aliphatic heterocycles. The molecule has 2 aromatic carbocycles. The maximum absolute atomic E-state index is 12.1. The highest BCUT2D eigenvalue weighted by Crippen LogP contribution is 2.31. The molecule has 0 aromatic heterocycles. The maximum atomic E-state index is 12.1. The van der Waals surface area contributed by atoms with Crippen molar-refractivity contribution in [3.8, 4) is 5.75 Å². The van der Waals surface area contributed by atoms with Crippen molar-refractivity contribution in [2.75, 3.05) is 18.2 Å². The molecule has 1 amide bonds. The van der Waals surface area contributed by atoms with E-state index in [0.717, 1.165) is 16.2 Å². The van der Waals surface area contributed by atoms with Crippen LogP contribution in [0.2, 0.25) is 5.02 Å². The fraction of sp³-hybridized carbons (Fsp3) is 0.235. The Morgan fingerprint density at radius 3 is 2.68 bits per heavy atom. The third-order valence-electron chi connectivity index (χ3n) is 3.10. The summed E-state index contributed by atoms with van der Waals surface area (Å²) in [6, 6.07) is 13.6. The zero-order valence-corrected chi connectivity index (χ0v) is 14.1. The monoisotopic (exact) mass is 335 g/mol. The Morgan fingerprint density at radius 2 is 2.00 bits per heavy atom. The van der Waals surface area contributed by atoms with Gasteiger partial charge >= 0.3 is 0 Å². The molecule has 0 spiro atoms. The van der Waals surface area contributed by atoms with Gasteiger partial charge < -0.3 is 10.1 Å². The van der Waals surface area contributed by atoms with E-state index < -0.39 is 0 Å². The van der Waals surface area contributed by atoms with Crippen molar-refractivity contribution in [1.29, 1.82) is 0 Å². The van der Waals surface area contributed by atoms with Crippen LogP contribution < -0.4 is 10.1 Å². The molecule has 3 nitrogen and oxygen atoms in total. The van der Waals surface area contributed by atoms with E-state index in [0.29, 0.717) is 22.9 Å². The molecule has 0 saturated carbocycles. The van der Waals surface area contributed by atoms with Crippen LogP contribution in [0.1, 0.15) is 12.0 Å². The first-order valence-electron chi connectivity index (χ1n) is 6.92. The largest absolute Gasteiger partial charge is 0.495 e. The molecule has 0 bridgehead atoms. The fourth-order valence-electron chi connectivity index (χ4n) is 1.92. The number of rotatable bonds is 6. The lowest BCUT2D eigenvalue weighted by atomic mass is 10.2. The highest BCUT2D eigenvalue weighted by Gasteiger charge is 2.10. The van der Waals surface area contributed by atoms with Gasteiger partial charge in [0, 0.05) is 28.2 Å². The second-order valence-corrected chi connectivity index (χ2v) is 6.34. The second-order valence-electron chi connectivity index (χ2n) is 4.76. The number of halogens is 1. The Labute approximate surface area is 140 Å². The predicted molar refractivity (Wildman–Crippen MR) is 93.2 cm³/mol. The van der Waals surface area contributed by atoms with Crippen LogP contribution in [0, 0.1) is 6.92 Å². The number of hydrogen-bond donors (Lipinski definition) is 1. The number of methoxy groups -OCH3 is 1. The minimum atomic E-state index is -0.0385. The van der Waals surface area contributed by atoms with E-state index in [4.69, 9.17) is 16.3 Å². The Bertz CT molecular complexity index is 647. The van der Waals surface area contributed by atoms with Crippen LogP contribution in [0.5, 0.6) is 5.75 Å². The Morgan fingerprint density at radius 1 is 1.27 bits per heavy atom. The van der Waals surface area contributed by atoms with Crippen molar-refractivity contribution in [1.82, 2.24) is 0 Å². The second kappa shape index (κ2) is 8.11. The number of carbonyl (C=O) groups is 1. The lowest BCUT2D eigenvalue weighted by molar-refractivity contribution is -0.115. The van der Waals surface area contributed by atoms with E-state index >= 15 is 0 Å². The molecule has 2 aromatic rings. The molecule has 0 heterocycles. The minimum absolute atomic E-state index is 0.0385. The smallest absolute Gasteiger partial charge is 0.225 e. The van der Waals surface area contributed by atoms with Gasteiger partial charge in [0.2, 0.25) is 5.91 Å². The normalized spacial score (nSPS) is 10.3. The number of ether oxygens (including phenoxy) is 1. The lowest BCUT2D eigenvalue weighted by Gasteiger charge is -2.12. The summed E-state index contributed by atoms with van der Waals surface area (Å²) in [6.45, 7) is 1.89. The third kappa shape index (κ3) is 4.68. The summed E-state index contributed by atoms with van der Waals surface area (Å²) in [6.07, 6.45) is 0.435. The van der Waals surface area contributed by atoms with Crippen molar-refractivity contribution >= 4 is 35.0 Å². The molecule has 2 rings (SSSR count). The first kappa shape index (κ1) is 16.7. The number of carbonyl (C=O) groups excluding carboxylic acids is 1. The van der Waals surface area contributed by atoms with Crippen molar-refractivity contribution in [2.45, 2.75) is 18.2 Å². The van der Waals surface area contributed by atoms with Crippen LogP contribution >= 0.6 is 23.4 Å². The molecule has 116 valence electrons. The van der Waals surface area contributed by atoms with E-state index in [9.17, 15) is 4.79 Å². The number of hydrogen-bond acceptors (Lipinski definition) is 3. The van der Waals surface area contributed by atoms with E-state index in [1.54, 1.807) is 24.9 Å². The van der Waals surface area contributed by atoms with Crippen molar-refractivity contribution in [3.05, 3.63) is 53.1 Å². The quantitative estimate of drug-likeness (QED) is 0.772. The summed E-state index contributed by atoms with van der Waals surface area (Å²) in [5.74, 6) is 1.26. The first-order chi connectivity index (χ1) is 10.6. The molecule has 0 unspecified atom stereocenters. The third-order valence-corrected chi connectivity index (χ3v) is 4.52. The summed E-state index contributed by atoms with van der Waals surface area (Å²) in [7, 11) is 1.56. The van der Waals surface area contributed by atoms with Crippen LogP contribution in [0.25, 0.3) is 0 Å². The number of thioether (sulfide) groups is 1. The van der Waals surface area contributed by atoms with E-state index in [-0.39, 0.29) is 5.91 Å². The number of aryl methyl sites for hydroxylation is 1. The van der Waals surface area contributed by atoms with E-state index in [2.05, 4.69) is 5.32 Å². The van der Waals surface area contributed by atoms with Gasteiger partial charge in [-0.1, -0.05) is 29.8 Å². The summed E-state index contributed by atoms with van der Waals surface area (Å²) < 4.78 is 5.25. The number of benzene rings is 2. The molecule has 0 saturated heterocycles. The van der Waals surface area contributed by atoms with Gasteiger partial charge in [0.15, 0.2) is 0 Å². The molecular weight excluding hydrogens is 318 g/mol. The standard InChI is InChI=1S/C17H18ClNO2S/c1-12-10-15(16(21-2)11-14(12)18)19-17(20)8-9-22-13-6-4-3-5-7-13/h3-7,10-11H,8-9H2,1-2H3,(H,19,20). The van der Waals surface area contributed by atoms with Crippen LogP contribution in [0.3, 0.4) is 0 Å². The van der Waals surface area contributed by atoms with Gasteiger partial charge in [0.1, 0.15) is 5.75 Å². The molecule has 22 heavy (non-hydrogen) atoms. The van der Waals surface area contributed by atoms with Gasteiger partial charge in [-0.25, -0.2) is 0 Å². The van der Waals surface area contributed by atoms with Crippen LogP contribution in [0.15, 0.2) is 47.4 Å². The molecular formula is C17H18ClNO2S. The summed E-state index contributed by atoms with van der Waals surface area (Å²) in [4.78, 5) is 13.2. The van der Waals surface area contributed by atoms with Crippen LogP contribution in [0.4, 0.5) is 5.69 Å². The van der Waals surface area contributed by atoms with E-state index in [1.807, 2.05) is 43.3 Å². The van der Waals surface area contributed by atoms with Crippen molar-refractivity contribution in [2.24, 2.45) is 0 Å². The van der Waals surface area contributed by atoms with Gasteiger partial charge in [0.25, 0.3) is 0 Å². The van der Waals surface area contributed by atoms with Crippen LogP contribution in [-0.4, -0.2) is 18.8 Å². The fourth-order valence-corrected chi connectivity index (χ4v) is 2.95. The molecule has 0 aliphatic carbocycles. The maximum Gasteiger partial charge on any atom is 0.225 e. The molecule has 0 radical (unpaired) electrons. The first-order valence-corrected chi connectivity index (χ1v) is 8.28. The summed E-state index contributed by atoms with van der Waals surface area (Å²) >= 11 is 7.72. The average Bonchev–Trinajstić information content (AvgIpc) is 2.51. The molecule has 0 fully saturated rings. The van der Waals surface area contributed by atoms with Gasteiger partial charge in [-0.15, -0.1) is 11.8 Å². The van der Waals surface area contributed by atoms with Gasteiger partial charge in [-0.05, 0) is 30.7 Å². The minimum Gasteiger partial charge on any atom is -0.495 e. The highest BCUT2D eigenvalue weighted by molar-refractivity contribution is 7.99. The predicted octanol–water partition coefficient (Wildman–Crippen LogP) is 4.78.